The fraction of sp³-hybridized carbons (Fsp3) is 0.650. The Kier molecular flexibility index (Phi) is 6.68. The van der Waals surface area contributed by atoms with E-state index in [1.54, 1.807) is 17.0 Å². The van der Waals surface area contributed by atoms with Crippen LogP contribution in [0.15, 0.2) is 18.2 Å². The maximum atomic E-state index is 14.1. The van der Waals surface area contributed by atoms with Crippen LogP contribution in [0.2, 0.25) is 0 Å². The third kappa shape index (κ3) is 4.97. The van der Waals surface area contributed by atoms with E-state index in [2.05, 4.69) is 10.2 Å². The summed E-state index contributed by atoms with van der Waals surface area (Å²) in [5.74, 6) is -0.152. The van der Waals surface area contributed by atoms with Crippen molar-refractivity contribution < 1.29 is 19.0 Å². The first-order valence-electron chi connectivity index (χ1n) is 9.79. The molecule has 2 saturated heterocycles. The fourth-order valence-electron chi connectivity index (χ4n) is 3.92. The van der Waals surface area contributed by atoms with Crippen LogP contribution >= 0.6 is 0 Å². The van der Waals surface area contributed by atoms with Gasteiger partial charge in [0, 0.05) is 38.3 Å². The quantitative estimate of drug-likeness (QED) is 0.668. The van der Waals surface area contributed by atoms with Crippen molar-refractivity contribution in [1.82, 2.24) is 15.1 Å². The molecule has 1 atom stereocenters. The lowest BCUT2D eigenvalue weighted by Crippen LogP contribution is -2.58. The van der Waals surface area contributed by atoms with E-state index in [1.807, 2.05) is 0 Å². The molecule has 27 heavy (non-hydrogen) atoms. The van der Waals surface area contributed by atoms with E-state index in [0.717, 1.165) is 26.2 Å². The topological polar surface area (TPSA) is 65.0 Å². The molecule has 0 spiro atoms. The third-order valence-corrected chi connectivity index (χ3v) is 5.54. The lowest BCUT2D eigenvalue weighted by atomic mass is 9.91. The van der Waals surface area contributed by atoms with Gasteiger partial charge in [0.2, 0.25) is 0 Å². The molecule has 7 heteroatoms. The number of hydrogen-bond donors (Lipinski definition) is 2. The molecule has 0 radical (unpaired) electrons. The van der Waals surface area contributed by atoms with Crippen LogP contribution in [0.5, 0.6) is 5.75 Å². The minimum atomic E-state index is -1.42. The number of nitrogens with zero attached hydrogens (tertiary/aromatic N) is 2. The number of benzene rings is 1. The number of piperidine rings is 1. The zero-order chi connectivity index (χ0) is 19.3. The van der Waals surface area contributed by atoms with Crippen molar-refractivity contribution in [1.29, 1.82) is 0 Å². The van der Waals surface area contributed by atoms with Gasteiger partial charge in [-0.3, -0.25) is 4.79 Å². The van der Waals surface area contributed by atoms with Crippen LogP contribution in [0.25, 0.3) is 0 Å². The molecule has 2 heterocycles. The highest BCUT2D eigenvalue weighted by atomic mass is 19.1. The van der Waals surface area contributed by atoms with Gasteiger partial charge in [-0.1, -0.05) is 0 Å². The second-order valence-corrected chi connectivity index (χ2v) is 7.54. The van der Waals surface area contributed by atoms with Crippen LogP contribution in [0.1, 0.15) is 31.2 Å². The van der Waals surface area contributed by atoms with Gasteiger partial charge in [0.25, 0.3) is 5.91 Å². The van der Waals surface area contributed by atoms with Gasteiger partial charge < -0.3 is 25.0 Å². The van der Waals surface area contributed by atoms with Crippen molar-refractivity contribution in [2.45, 2.75) is 37.8 Å². The molecule has 2 N–H and O–H groups in total. The second-order valence-electron chi connectivity index (χ2n) is 7.54. The highest BCUT2D eigenvalue weighted by molar-refractivity contribution is 5.86. The molecule has 1 unspecified atom stereocenters. The van der Waals surface area contributed by atoms with Crippen molar-refractivity contribution in [3.05, 3.63) is 29.6 Å². The maximum Gasteiger partial charge on any atom is 0.256 e. The van der Waals surface area contributed by atoms with Gasteiger partial charge in [0.15, 0.2) is 5.60 Å². The number of amides is 1. The SMILES string of the molecule is COc1ccc(F)c(CN2CCCC(O)(CNCCN3CCCC3)C2=O)c1. The predicted octanol–water partition coefficient (Wildman–Crippen LogP) is 1.37. The summed E-state index contributed by atoms with van der Waals surface area (Å²) in [5, 5.41) is 14.1. The van der Waals surface area contributed by atoms with Crippen molar-refractivity contribution in [2.75, 3.05) is 46.4 Å². The molecular weight excluding hydrogens is 349 g/mol. The van der Waals surface area contributed by atoms with Crippen molar-refractivity contribution in [3.8, 4) is 5.75 Å². The summed E-state index contributed by atoms with van der Waals surface area (Å²) in [7, 11) is 1.52. The van der Waals surface area contributed by atoms with Crippen LogP contribution in [0, 0.1) is 5.82 Å². The number of carbonyl (C=O) groups is 1. The molecule has 150 valence electrons. The fourth-order valence-corrected chi connectivity index (χ4v) is 3.92. The average molecular weight is 379 g/mol. The Morgan fingerprint density at radius 3 is 2.78 bits per heavy atom. The van der Waals surface area contributed by atoms with Crippen LogP contribution in [0.4, 0.5) is 4.39 Å². The van der Waals surface area contributed by atoms with E-state index in [1.165, 1.54) is 26.0 Å². The van der Waals surface area contributed by atoms with E-state index in [0.29, 0.717) is 30.7 Å². The molecule has 1 aromatic rings. The predicted molar refractivity (Wildman–Crippen MR) is 101 cm³/mol. The summed E-state index contributed by atoms with van der Waals surface area (Å²) >= 11 is 0. The minimum absolute atomic E-state index is 0.137. The molecule has 6 nitrogen and oxygen atoms in total. The van der Waals surface area contributed by atoms with Crippen LogP contribution in [0.3, 0.4) is 0 Å². The number of likely N-dealkylation sites (tertiary alicyclic amines) is 2. The average Bonchev–Trinajstić information content (AvgIpc) is 3.18. The Hall–Kier alpha value is -1.70. The van der Waals surface area contributed by atoms with E-state index in [-0.39, 0.29) is 24.8 Å². The summed E-state index contributed by atoms with van der Waals surface area (Å²) in [4.78, 5) is 16.8. The van der Waals surface area contributed by atoms with Gasteiger partial charge in [-0.05, 0) is 57.0 Å². The van der Waals surface area contributed by atoms with Gasteiger partial charge in [-0.2, -0.15) is 0 Å². The summed E-state index contributed by atoms with van der Waals surface area (Å²) < 4.78 is 19.2. The summed E-state index contributed by atoms with van der Waals surface area (Å²) in [6, 6.07) is 4.50. The first-order chi connectivity index (χ1) is 13.0. The van der Waals surface area contributed by atoms with Gasteiger partial charge in [-0.25, -0.2) is 4.39 Å². The highest BCUT2D eigenvalue weighted by Gasteiger charge is 2.41. The number of hydrogen-bond acceptors (Lipinski definition) is 5. The number of halogens is 1. The van der Waals surface area contributed by atoms with Crippen molar-refractivity contribution >= 4 is 5.91 Å². The third-order valence-electron chi connectivity index (χ3n) is 5.54. The number of methoxy groups -OCH3 is 1. The molecule has 0 saturated carbocycles. The van der Waals surface area contributed by atoms with Gasteiger partial charge in [0.1, 0.15) is 11.6 Å². The minimum Gasteiger partial charge on any atom is -0.497 e. The smallest absolute Gasteiger partial charge is 0.256 e. The van der Waals surface area contributed by atoms with E-state index in [9.17, 15) is 14.3 Å². The van der Waals surface area contributed by atoms with Gasteiger partial charge >= 0.3 is 0 Å². The molecule has 1 aromatic carbocycles. The summed E-state index contributed by atoms with van der Waals surface area (Å²) in [6.45, 7) is 4.83. The molecular formula is C20H30FN3O3. The molecule has 0 bridgehead atoms. The maximum absolute atomic E-state index is 14.1. The molecule has 2 aliphatic heterocycles. The number of rotatable bonds is 8. The van der Waals surface area contributed by atoms with Crippen LogP contribution < -0.4 is 10.1 Å². The molecule has 2 fully saturated rings. The van der Waals surface area contributed by atoms with Crippen molar-refractivity contribution in [3.63, 3.8) is 0 Å². The lowest BCUT2D eigenvalue weighted by Gasteiger charge is -2.38. The Morgan fingerprint density at radius 2 is 2.04 bits per heavy atom. The monoisotopic (exact) mass is 379 g/mol. The number of nitrogens with one attached hydrogen (secondary N) is 1. The summed E-state index contributed by atoms with van der Waals surface area (Å²) in [6.07, 6.45) is 3.62. The van der Waals surface area contributed by atoms with E-state index in [4.69, 9.17) is 4.74 Å². The number of aliphatic hydroxyl groups is 1. The highest BCUT2D eigenvalue weighted by Crippen LogP contribution is 2.25. The first-order valence-corrected chi connectivity index (χ1v) is 9.79. The van der Waals surface area contributed by atoms with Gasteiger partial charge in [-0.15, -0.1) is 0 Å². The molecule has 2 aliphatic rings. The molecule has 0 aliphatic carbocycles. The molecule has 1 amide bonds. The standard InChI is InChI=1S/C20H30FN3O3/c1-27-17-5-6-18(21)16(13-17)14-24-11-4-7-20(26,19(24)25)15-22-8-12-23-9-2-3-10-23/h5-6,13,22,26H,2-4,7-12,14-15H2,1H3. The normalized spacial score (nSPS) is 23.8. The molecule has 3 rings (SSSR count). The van der Waals surface area contributed by atoms with Gasteiger partial charge in [0.05, 0.1) is 7.11 Å². The largest absolute Gasteiger partial charge is 0.497 e. The second kappa shape index (κ2) is 8.99. The van der Waals surface area contributed by atoms with E-state index < -0.39 is 5.60 Å². The zero-order valence-corrected chi connectivity index (χ0v) is 16.0. The van der Waals surface area contributed by atoms with Crippen LogP contribution in [-0.2, 0) is 11.3 Å². The van der Waals surface area contributed by atoms with Crippen molar-refractivity contribution in [2.24, 2.45) is 0 Å². The number of ether oxygens (including phenoxy) is 1. The Bertz CT molecular complexity index is 651. The number of carbonyl (C=O) groups excluding carboxylic acids is 1. The van der Waals surface area contributed by atoms with Crippen LogP contribution in [-0.4, -0.2) is 72.8 Å². The van der Waals surface area contributed by atoms with E-state index >= 15 is 0 Å². The Balaban J connectivity index is 1.55. The Labute approximate surface area is 160 Å². The first kappa shape index (κ1) is 20.0. The zero-order valence-electron chi connectivity index (χ0n) is 16.0. The lowest BCUT2D eigenvalue weighted by molar-refractivity contribution is -0.157. The Morgan fingerprint density at radius 1 is 1.26 bits per heavy atom. The summed E-state index contributed by atoms with van der Waals surface area (Å²) in [5.41, 5.74) is -1.02. The molecule has 0 aromatic heterocycles.